The van der Waals surface area contributed by atoms with Crippen molar-refractivity contribution in [2.24, 2.45) is 0 Å². The molecule has 1 unspecified atom stereocenters. The Bertz CT molecular complexity index is 1020. The Labute approximate surface area is 170 Å². The van der Waals surface area contributed by atoms with Crippen LogP contribution in [0.5, 0.6) is 5.75 Å². The first-order valence-electron chi connectivity index (χ1n) is 9.82. The van der Waals surface area contributed by atoms with Crippen molar-refractivity contribution in [1.29, 1.82) is 0 Å². The van der Waals surface area contributed by atoms with Crippen molar-refractivity contribution in [2.45, 2.75) is 19.1 Å². The van der Waals surface area contributed by atoms with Crippen LogP contribution in [-0.4, -0.2) is 53.7 Å². The number of pyridine rings is 1. The number of fused-ring (bicyclic) bond motifs is 2. The molecule has 6 heteroatoms. The number of hydrogen-bond acceptors (Lipinski definition) is 5. The molecule has 3 aromatic rings. The largest absolute Gasteiger partial charge is 0.497 e. The highest BCUT2D eigenvalue weighted by Gasteiger charge is 2.19. The van der Waals surface area contributed by atoms with Gasteiger partial charge in [0.1, 0.15) is 11.4 Å². The maximum Gasteiger partial charge on any atom is 0.269 e. The van der Waals surface area contributed by atoms with E-state index in [4.69, 9.17) is 4.74 Å². The van der Waals surface area contributed by atoms with Crippen molar-refractivity contribution in [3.8, 4) is 5.75 Å². The molecule has 0 fully saturated rings. The minimum atomic E-state index is -0.631. The van der Waals surface area contributed by atoms with Gasteiger partial charge in [-0.2, -0.15) is 0 Å². The third-order valence-corrected chi connectivity index (χ3v) is 5.31. The maximum atomic E-state index is 12.4. The number of nitrogens with one attached hydrogen (secondary N) is 1. The van der Waals surface area contributed by atoms with Gasteiger partial charge in [-0.25, -0.2) is 4.98 Å². The van der Waals surface area contributed by atoms with E-state index in [9.17, 15) is 9.90 Å². The lowest BCUT2D eigenvalue weighted by Crippen LogP contribution is -2.42. The van der Waals surface area contributed by atoms with Crippen LogP contribution in [0.2, 0.25) is 0 Å². The van der Waals surface area contributed by atoms with Crippen LogP contribution in [0.1, 0.15) is 21.6 Å². The van der Waals surface area contributed by atoms with Crippen molar-refractivity contribution < 1.29 is 14.6 Å². The van der Waals surface area contributed by atoms with Gasteiger partial charge in [-0.3, -0.25) is 9.69 Å². The zero-order valence-electron chi connectivity index (χ0n) is 16.5. The SMILES string of the molecule is COc1ccc2nc(C(=O)NCC(O)CN3CCc4ccccc4C3)ccc2c1. The third-order valence-electron chi connectivity index (χ3n) is 5.31. The monoisotopic (exact) mass is 391 g/mol. The van der Waals surface area contributed by atoms with Gasteiger partial charge in [0.25, 0.3) is 5.91 Å². The summed E-state index contributed by atoms with van der Waals surface area (Å²) >= 11 is 0. The van der Waals surface area contributed by atoms with Crippen LogP contribution in [0, 0.1) is 0 Å². The normalized spacial score (nSPS) is 15.0. The fourth-order valence-corrected chi connectivity index (χ4v) is 3.73. The number of benzene rings is 2. The number of amides is 1. The number of β-amino-alcohol motifs (C(OH)–C–C–N with tert-alkyl or cyclic N) is 1. The Morgan fingerprint density at radius 3 is 2.86 bits per heavy atom. The summed E-state index contributed by atoms with van der Waals surface area (Å²) in [6.45, 7) is 2.47. The molecule has 29 heavy (non-hydrogen) atoms. The number of aliphatic hydroxyl groups excluding tert-OH is 1. The summed E-state index contributed by atoms with van der Waals surface area (Å²) < 4.78 is 5.21. The quantitative estimate of drug-likeness (QED) is 0.675. The van der Waals surface area contributed by atoms with Crippen LogP contribution in [0.25, 0.3) is 10.9 Å². The average molecular weight is 391 g/mol. The second-order valence-corrected chi connectivity index (χ2v) is 7.37. The average Bonchev–Trinajstić information content (AvgIpc) is 2.76. The van der Waals surface area contributed by atoms with Gasteiger partial charge in [0.2, 0.25) is 0 Å². The van der Waals surface area contributed by atoms with Gasteiger partial charge in [-0.05, 0) is 41.8 Å². The van der Waals surface area contributed by atoms with Gasteiger partial charge >= 0.3 is 0 Å². The van der Waals surface area contributed by atoms with Gasteiger partial charge in [-0.1, -0.05) is 30.3 Å². The standard InChI is InChI=1S/C23H25N3O3/c1-29-20-7-9-21-17(12-20)6-8-22(25-21)23(28)24-13-19(27)15-26-11-10-16-4-2-3-5-18(16)14-26/h2-9,12,19,27H,10-11,13-15H2,1H3,(H,24,28). The van der Waals surface area contributed by atoms with Crippen LogP contribution in [-0.2, 0) is 13.0 Å². The number of rotatable bonds is 6. The summed E-state index contributed by atoms with van der Waals surface area (Å²) in [5.41, 5.74) is 3.76. The number of hydrogen-bond donors (Lipinski definition) is 2. The Balaban J connectivity index is 1.32. The maximum absolute atomic E-state index is 12.4. The fraction of sp³-hybridized carbons (Fsp3) is 0.304. The predicted molar refractivity (Wildman–Crippen MR) is 112 cm³/mol. The summed E-state index contributed by atoms with van der Waals surface area (Å²) in [5.74, 6) is 0.464. The third kappa shape index (κ3) is 4.55. The minimum Gasteiger partial charge on any atom is -0.497 e. The van der Waals surface area contributed by atoms with Crippen LogP contribution in [0.3, 0.4) is 0 Å². The molecule has 6 nitrogen and oxygen atoms in total. The van der Waals surface area contributed by atoms with Gasteiger partial charge in [0.05, 0.1) is 18.7 Å². The van der Waals surface area contributed by atoms with Crippen molar-refractivity contribution >= 4 is 16.8 Å². The highest BCUT2D eigenvalue weighted by atomic mass is 16.5. The summed E-state index contributed by atoms with van der Waals surface area (Å²) in [5, 5.41) is 14.1. The molecule has 0 radical (unpaired) electrons. The molecule has 4 rings (SSSR count). The van der Waals surface area contributed by atoms with E-state index in [-0.39, 0.29) is 12.5 Å². The summed E-state index contributed by atoms with van der Waals surface area (Å²) in [6.07, 6.45) is 0.357. The number of ether oxygens (including phenoxy) is 1. The number of methoxy groups -OCH3 is 1. The zero-order chi connectivity index (χ0) is 20.2. The second kappa shape index (κ2) is 8.59. The summed E-state index contributed by atoms with van der Waals surface area (Å²) in [6, 6.07) is 17.5. The zero-order valence-corrected chi connectivity index (χ0v) is 16.5. The van der Waals surface area contributed by atoms with Crippen LogP contribution >= 0.6 is 0 Å². The molecular weight excluding hydrogens is 366 g/mol. The second-order valence-electron chi connectivity index (χ2n) is 7.37. The number of aliphatic hydroxyl groups is 1. The molecule has 150 valence electrons. The molecule has 2 N–H and O–H groups in total. The first-order chi connectivity index (χ1) is 14.1. The number of carbonyl (C=O) groups excluding carboxylic acids is 1. The van der Waals surface area contributed by atoms with Crippen LogP contribution < -0.4 is 10.1 Å². The van der Waals surface area contributed by atoms with Gasteiger partial charge in [-0.15, -0.1) is 0 Å². The van der Waals surface area contributed by atoms with Crippen molar-refractivity contribution in [2.75, 3.05) is 26.7 Å². The number of carbonyl (C=O) groups is 1. The highest BCUT2D eigenvalue weighted by Crippen LogP contribution is 2.20. The molecule has 0 bridgehead atoms. The Morgan fingerprint density at radius 2 is 2.03 bits per heavy atom. The smallest absolute Gasteiger partial charge is 0.269 e. The van der Waals surface area contributed by atoms with Gasteiger partial charge < -0.3 is 15.2 Å². The summed E-state index contributed by atoms with van der Waals surface area (Å²) in [7, 11) is 1.62. The molecule has 0 saturated heterocycles. The molecule has 1 atom stereocenters. The molecule has 1 amide bonds. The van der Waals surface area contributed by atoms with E-state index in [1.807, 2.05) is 30.3 Å². The van der Waals surface area contributed by atoms with Crippen molar-refractivity contribution in [3.63, 3.8) is 0 Å². The molecule has 1 aliphatic rings. The first kappa shape index (κ1) is 19.4. The Morgan fingerprint density at radius 1 is 1.21 bits per heavy atom. The number of aromatic nitrogens is 1. The van der Waals surface area contributed by atoms with Crippen molar-refractivity contribution in [3.05, 3.63) is 71.4 Å². The fourth-order valence-electron chi connectivity index (χ4n) is 3.73. The highest BCUT2D eigenvalue weighted by molar-refractivity contribution is 5.95. The molecule has 0 aliphatic carbocycles. The number of nitrogens with zero attached hydrogens (tertiary/aromatic N) is 2. The van der Waals surface area contributed by atoms with Gasteiger partial charge in [0, 0.05) is 31.6 Å². The van der Waals surface area contributed by atoms with E-state index in [0.29, 0.717) is 12.2 Å². The lowest BCUT2D eigenvalue weighted by atomic mass is 10.00. The van der Waals surface area contributed by atoms with Crippen molar-refractivity contribution in [1.82, 2.24) is 15.2 Å². The van der Waals surface area contributed by atoms with E-state index in [1.165, 1.54) is 11.1 Å². The minimum absolute atomic E-state index is 0.194. The lowest BCUT2D eigenvalue weighted by molar-refractivity contribution is 0.0838. The molecule has 1 aromatic heterocycles. The van der Waals surface area contributed by atoms with Crippen LogP contribution in [0.15, 0.2) is 54.6 Å². The van der Waals surface area contributed by atoms with E-state index >= 15 is 0 Å². The topological polar surface area (TPSA) is 74.7 Å². The molecule has 0 spiro atoms. The molecule has 0 saturated carbocycles. The van der Waals surface area contributed by atoms with E-state index in [1.54, 1.807) is 13.2 Å². The Kier molecular flexibility index (Phi) is 5.74. The lowest BCUT2D eigenvalue weighted by Gasteiger charge is -2.30. The van der Waals surface area contributed by atoms with Crippen LogP contribution in [0.4, 0.5) is 0 Å². The Hall–Kier alpha value is -2.96. The predicted octanol–water partition coefficient (Wildman–Crippen LogP) is 2.39. The molecule has 2 aromatic carbocycles. The molecule has 1 aliphatic heterocycles. The molecular formula is C23H25N3O3. The van der Waals surface area contributed by atoms with E-state index in [0.717, 1.165) is 36.2 Å². The van der Waals surface area contributed by atoms with E-state index in [2.05, 4.69) is 33.4 Å². The van der Waals surface area contributed by atoms with Gasteiger partial charge in [0.15, 0.2) is 0 Å². The molecule has 2 heterocycles. The van der Waals surface area contributed by atoms with E-state index < -0.39 is 6.10 Å². The first-order valence-corrected chi connectivity index (χ1v) is 9.82. The summed E-state index contributed by atoms with van der Waals surface area (Å²) in [4.78, 5) is 19.1.